The lowest BCUT2D eigenvalue weighted by molar-refractivity contribution is 0.414. The van der Waals surface area contributed by atoms with Crippen LogP contribution >= 0.6 is 0 Å². The molecule has 0 bridgehead atoms. The highest BCUT2D eigenvalue weighted by atomic mass is 16.5. The molecule has 27 heavy (non-hydrogen) atoms. The number of allylic oxidation sites excluding steroid dienone is 1. The average Bonchev–Trinajstić information content (AvgIpc) is 2.73. The first kappa shape index (κ1) is 18.6. The Morgan fingerprint density at radius 1 is 0.778 bits per heavy atom. The molecule has 0 aliphatic carbocycles. The van der Waals surface area contributed by atoms with Gasteiger partial charge in [-0.25, -0.2) is 0 Å². The molecule has 3 aromatic rings. The molecular weight excluding hydrogens is 336 g/mol. The molecule has 1 N–H and O–H groups in total. The van der Waals surface area contributed by atoms with Crippen LogP contribution < -0.4 is 9.47 Å². The molecule has 138 valence electrons. The second-order valence-electron chi connectivity index (χ2n) is 6.34. The third kappa shape index (κ3) is 5.14. The van der Waals surface area contributed by atoms with Gasteiger partial charge >= 0.3 is 0 Å². The van der Waals surface area contributed by atoms with E-state index in [1.54, 1.807) is 26.4 Å². The number of phenols is 1. The highest BCUT2D eigenvalue weighted by Crippen LogP contribution is 2.26. The van der Waals surface area contributed by atoms with Crippen molar-refractivity contribution in [1.29, 1.82) is 0 Å². The second-order valence-corrected chi connectivity index (χ2v) is 6.34. The number of ether oxygens (including phenoxy) is 2. The molecule has 0 radical (unpaired) electrons. The summed E-state index contributed by atoms with van der Waals surface area (Å²) in [5.41, 5.74) is 4.75. The molecule has 0 heterocycles. The predicted molar refractivity (Wildman–Crippen MR) is 110 cm³/mol. The van der Waals surface area contributed by atoms with Gasteiger partial charge in [-0.15, -0.1) is 0 Å². The summed E-state index contributed by atoms with van der Waals surface area (Å²) in [5, 5.41) is 9.47. The fourth-order valence-electron chi connectivity index (χ4n) is 2.95. The molecule has 0 aliphatic heterocycles. The van der Waals surface area contributed by atoms with Crippen LogP contribution in [0.2, 0.25) is 0 Å². The first-order chi connectivity index (χ1) is 13.2. The zero-order chi connectivity index (χ0) is 19.1. The molecule has 0 aliphatic rings. The van der Waals surface area contributed by atoms with Gasteiger partial charge in [0.2, 0.25) is 0 Å². The Labute approximate surface area is 160 Å². The van der Waals surface area contributed by atoms with Gasteiger partial charge < -0.3 is 14.6 Å². The first-order valence-electron chi connectivity index (χ1n) is 8.95. The monoisotopic (exact) mass is 360 g/mol. The lowest BCUT2D eigenvalue weighted by Gasteiger charge is -2.10. The standard InChI is InChI=1S/C24H24O3/c1-26-23-13-6-19(7-14-23)17-21(20-9-15-24(27-2)16-10-20)8-3-18-4-11-22(25)12-5-18/h4-7,9-17,25H,3,8H2,1-2H3. The summed E-state index contributed by atoms with van der Waals surface area (Å²) in [6, 6.07) is 23.6. The van der Waals surface area contributed by atoms with Crippen LogP contribution in [0.1, 0.15) is 23.1 Å². The molecule has 0 saturated heterocycles. The maximum atomic E-state index is 9.47. The van der Waals surface area contributed by atoms with E-state index in [0.29, 0.717) is 5.75 Å². The maximum Gasteiger partial charge on any atom is 0.118 e. The summed E-state index contributed by atoms with van der Waals surface area (Å²) < 4.78 is 10.5. The molecule has 3 rings (SSSR count). The van der Waals surface area contributed by atoms with E-state index in [1.807, 2.05) is 36.4 Å². The van der Waals surface area contributed by atoms with Crippen molar-refractivity contribution in [1.82, 2.24) is 0 Å². The number of benzene rings is 3. The van der Waals surface area contributed by atoms with E-state index in [0.717, 1.165) is 29.9 Å². The van der Waals surface area contributed by atoms with Crippen molar-refractivity contribution in [3.05, 3.63) is 89.5 Å². The van der Waals surface area contributed by atoms with Gasteiger partial charge in [0.15, 0.2) is 0 Å². The molecule has 0 fully saturated rings. The minimum absolute atomic E-state index is 0.294. The van der Waals surface area contributed by atoms with Crippen LogP contribution in [0, 0.1) is 0 Å². The van der Waals surface area contributed by atoms with Crippen molar-refractivity contribution in [2.75, 3.05) is 14.2 Å². The Hall–Kier alpha value is -3.20. The van der Waals surface area contributed by atoms with Gasteiger partial charge in [0.1, 0.15) is 17.2 Å². The van der Waals surface area contributed by atoms with Crippen molar-refractivity contribution in [2.45, 2.75) is 12.8 Å². The Morgan fingerprint density at radius 3 is 1.89 bits per heavy atom. The van der Waals surface area contributed by atoms with Crippen LogP contribution in [-0.2, 0) is 6.42 Å². The SMILES string of the molecule is COc1ccc(C=C(CCc2ccc(O)cc2)c2ccc(OC)cc2)cc1. The summed E-state index contributed by atoms with van der Waals surface area (Å²) >= 11 is 0. The number of hydrogen-bond acceptors (Lipinski definition) is 3. The van der Waals surface area contributed by atoms with Crippen molar-refractivity contribution >= 4 is 11.6 Å². The quantitative estimate of drug-likeness (QED) is 0.559. The van der Waals surface area contributed by atoms with Crippen LogP contribution in [0.5, 0.6) is 17.2 Å². The van der Waals surface area contributed by atoms with Gasteiger partial charge in [-0.05, 0) is 71.5 Å². The first-order valence-corrected chi connectivity index (χ1v) is 8.95. The van der Waals surface area contributed by atoms with Crippen molar-refractivity contribution in [3.8, 4) is 17.2 Å². The minimum Gasteiger partial charge on any atom is -0.508 e. The third-order valence-electron chi connectivity index (χ3n) is 4.54. The van der Waals surface area contributed by atoms with E-state index >= 15 is 0 Å². The van der Waals surface area contributed by atoms with Crippen LogP contribution in [0.4, 0.5) is 0 Å². The van der Waals surface area contributed by atoms with E-state index in [1.165, 1.54) is 16.7 Å². The van der Waals surface area contributed by atoms with Crippen LogP contribution in [0.25, 0.3) is 11.6 Å². The van der Waals surface area contributed by atoms with Crippen molar-refractivity contribution in [3.63, 3.8) is 0 Å². The zero-order valence-electron chi connectivity index (χ0n) is 15.7. The lowest BCUT2D eigenvalue weighted by Crippen LogP contribution is -1.91. The van der Waals surface area contributed by atoms with Gasteiger partial charge in [0.25, 0.3) is 0 Å². The van der Waals surface area contributed by atoms with Crippen molar-refractivity contribution in [2.24, 2.45) is 0 Å². The molecule has 0 amide bonds. The number of aromatic hydroxyl groups is 1. The summed E-state index contributed by atoms with van der Waals surface area (Å²) in [6.07, 6.45) is 4.00. The van der Waals surface area contributed by atoms with Gasteiger partial charge in [0.05, 0.1) is 14.2 Å². The average molecular weight is 360 g/mol. The third-order valence-corrected chi connectivity index (χ3v) is 4.54. The normalized spacial score (nSPS) is 11.3. The second kappa shape index (κ2) is 8.95. The molecule has 3 nitrogen and oxygen atoms in total. The zero-order valence-corrected chi connectivity index (χ0v) is 15.7. The summed E-state index contributed by atoms with van der Waals surface area (Å²) in [7, 11) is 3.35. The number of hydrogen-bond donors (Lipinski definition) is 1. The number of rotatable bonds is 7. The fraction of sp³-hybridized carbons (Fsp3) is 0.167. The molecule has 0 aromatic heterocycles. The molecule has 0 spiro atoms. The number of aryl methyl sites for hydroxylation is 1. The number of phenolic OH excluding ortho intramolecular Hbond substituents is 1. The summed E-state index contributed by atoms with van der Waals surface area (Å²) in [4.78, 5) is 0. The Bertz CT molecular complexity index is 876. The van der Waals surface area contributed by atoms with E-state index in [2.05, 4.69) is 30.3 Å². The van der Waals surface area contributed by atoms with Gasteiger partial charge in [-0.2, -0.15) is 0 Å². The van der Waals surface area contributed by atoms with Crippen molar-refractivity contribution < 1.29 is 14.6 Å². The van der Waals surface area contributed by atoms with Crippen LogP contribution in [-0.4, -0.2) is 19.3 Å². The predicted octanol–water partition coefficient (Wildman–Crippen LogP) is 5.58. The molecule has 3 aromatic carbocycles. The van der Waals surface area contributed by atoms with E-state index in [4.69, 9.17) is 9.47 Å². The Balaban J connectivity index is 1.86. The highest BCUT2D eigenvalue weighted by molar-refractivity contribution is 5.81. The fourth-order valence-corrected chi connectivity index (χ4v) is 2.95. The molecule has 0 saturated carbocycles. The summed E-state index contributed by atoms with van der Waals surface area (Å²) in [5.74, 6) is 1.99. The van der Waals surface area contributed by atoms with Gasteiger partial charge in [-0.3, -0.25) is 0 Å². The maximum absolute atomic E-state index is 9.47. The lowest BCUT2D eigenvalue weighted by atomic mass is 9.96. The number of methoxy groups -OCH3 is 2. The highest BCUT2D eigenvalue weighted by Gasteiger charge is 2.05. The van der Waals surface area contributed by atoms with E-state index in [9.17, 15) is 5.11 Å². The summed E-state index contributed by atoms with van der Waals surface area (Å²) in [6.45, 7) is 0. The Kier molecular flexibility index (Phi) is 6.16. The van der Waals surface area contributed by atoms with Crippen LogP contribution in [0.15, 0.2) is 72.8 Å². The van der Waals surface area contributed by atoms with Crippen LogP contribution in [0.3, 0.4) is 0 Å². The topological polar surface area (TPSA) is 38.7 Å². The van der Waals surface area contributed by atoms with E-state index in [-0.39, 0.29) is 0 Å². The molecular formula is C24H24O3. The largest absolute Gasteiger partial charge is 0.508 e. The smallest absolute Gasteiger partial charge is 0.118 e. The Morgan fingerprint density at radius 2 is 1.33 bits per heavy atom. The molecule has 3 heteroatoms. The molecule has 0 unspecified atom stereocenters. The van der Waals surface area contributed by atoms with E-state index < -0.39 is 0 Å². The minimum atomic E-state index is 0.294. The van der Waals surface area contributed by atoms with Gasteiger partial charge in [-0.1, -0.05) is 42.5 Å². The van der Waals surface area contributed by atoms with Gasteiger partial charge in [0, 0.05) is 0 Å². The molecule has 0 atom stereocenters.